The molecule has 0 aromatic heterocycles. The quantitative estimate of drug-likeness (QED) is 0.637. The predicted octanol–water partition coefficient (Wildman–Crippen LogP) is 2.33. The van der Waals surface area contributed by atoms with Gasteiger partial charge in [0.2, 0.25) is 0 Å². The number of para-hydroxylation sites is 1. The average Bonchev–Trinajstić information content (AvgIpc) is 2.65. The number of anilines is 2. The van der Waals surface area contributed by atoms with Gasteiger partial charge in [-0.1, -0.05) is 29.8 Å². The highest BCUT2D eigenvalue weighted by Gasteiger charge is 2.26. The zero-order valence-corrected chi connectivity index (χ0v) is 14.2. The van der Waals surface area contributed by atoms with Crippen molar-refractivity contribution in [2.75, 3.05) is 36.4 Å². The second-order valence-electron chi connectivity index (χ2n) is 5.73. The van der Waals surface area contributed by atoms with E-state index in [0.717, 1.165) is 5.69 Å². The molecule has 0 unspecified atom stereocenters. The number of carbonyl (C=O) groups excluding carboxylic acids is 2. The number of benzene rings is 2. The number of phenols is 1. The van der Waals surface area contributed by atoms with Crippen LogP contribution in [0, 0.1) is 0 Å². The number of phenolic OH excluding ortho intramolecular Hbond substituents is 1. The number of hydrogen-bond donors (Lipinski definition) is 2. The van der Waals surface area contributed by atoms with Crippen molar-refractivity contribution in [1.29, 1.82) is 0 Å². The third-order valence-corrected chi connectivity index (χ3v) is 4.32. The van der Waals surface area contributed by atoms with Crippen LogP contribution in [0.1, 0.15) is 0 Å². The molecule has 25 heavy (non-hydrogen) atoms. The van der Waals surface area contributed by atoms with Crippen LogP contribution in [0.3, 0.4) is 0 Å². The fourth-order valence-electron chi connectivity index (χ4n) is 2.73. The number of aromatic hydroxyl groups is 1. The number of nitrogens with zero attached hydrogens (tertiary/aromatic N) is 2. The first-order chi connectivity index (χ1) is 12.0. The van der Waals surface area contributed by atoms with Gasteiger partial charge in [-0.15, -0.1) is 0 Å². The first-order valence-corrected chi connectivity index (χ1v) is 8.31. The summed E-state index contributed by atoms with van der Waals surface area (Å²) in [6.45, 7) is 2.24. The number of piperazine rings is 1. The largest absolute Gasteiger partial charge is 0.506 e. The van der Waals surface area contributed by atoms with Crippen LogP contribution in [0.15, 0.2) is 48.5 Å². The summed E-state index contributed by atoms with van der Waals surface area (Å²) >= 11 is 5.84. The molecule has 0 spiro atoms. The molecule has 1 heterocycles. The van der Waals surface area contributed by atoms with E-state index in [-0.39, 0.29) is 11.4 Å². The smallest absolute Gasteiger partial charge is 0.314 e. The van der Waals surface area contributed by atoms with Gasteiger partial charge in [-0.05, 0) is 30.3 Å². The molecule has 2 aromatic carbocycles. The Morgan fingerprint density at radius 1 is 1.00 bits per heavy atom. The van der Waals surface area contributed by atoms with Crippen molar-refractivity contribution in [2.24, 2.45) is 0 Å². The maximum atomic E-state index is 12.3. The molecule has 0 aliphatic carbocycles. The minimum atomic E-state index is -0.786. The Balaban J connectivity index is 1.58. The van der Waals surface area contributed by atoms with E-state index < -0.39 is 11.8 Å². The predicted molar refractivity (Wildman–Crippen MR) is 97.0 cm³/mol. The summed E-state index contributed by atoms with van der Waals surface area (Å²) in [7, 11) is 0. The highest BCUT2D eigenvalue weighted by Crippen LogP contribution is 2.26. The molecule has 0 bridgehead atoms. The zero-order valence-electron chi connectivity index (χ0n) is 13.5. The minimum Gasteiger partial charge on any atom is -0.506 e. The number of amides is 2. The van der Waals surface area contributed by atoms with Gasteiger partial charge in [0.25, 0.3) is 0 Å². The molecular formula is C18H18ClN3O3. The standard InChI is InChI=1S/C18H18ClN3O3/c19-13-6-7-16(23)15(12-13)20-17(24)18(25)22-10-8-21(9-11-22)14-4-2-1-3-5-14/h1-7,12,23H,8-11H2,(H,20,24). The second kappa shape index (κ2) is 7.44. The van der Waals surface area contributed by atoms with Crippen molar-refractivity contribution in [3.05, 3.63) is 53.6 Å². The first-order valence-electron chi connectivity index (χ1n) is 7.93. The molecule has 0 saturated carbocycles. The van der Waals surface area contributed by atoms with Crippen molar-refractivity contribution in [1.82, 2.24) is 4.90 Å². The number of halogens is 1. The molecular weight excluding hydrogens is 342 g/mol. The van der Waals surface area contributed by atoms with Crippen molar-refractivity contribution in [3.63, 3.8) is 0 Å². The Labute approximate surface area is 150 Å². The fraction of sp³-hybridized carbons (Fsp3) is 0.222. The van der Waals surface area contributed by atoms with E-state index in [4.69, 9.17) is 11.6 Å². The first kappa shape index (κ1) is 17.1. The van der Waals surface area contributed by atoms with Crippen molar-refractivity contribution in [2.45, 2.75) is 0 Å². The molecule has 0 radical (unpaired) electrons. The Kier molecular flexibility index (Phi) is 5.09. The van der Waals surface area contributed by atoms with Gasteiger partial charge in [0.15, 0.2) is 0 Å². The maximum absolute atomic E-state index is 12.3. The van der Waals surface area contributed by atoms with Crippen LogP contribution in [0.2, 0.25) is 5.02 Å². The molecule has 7 heteroatoms. The van der Waals surface area contributed by atoms with E-state index >= 15 is 0 Å². The zero-order chi connectivity index (χ0) is 17.8. The summed E-state index contributed by atoms with van der Waals surface area (Å²) in [6, 6.07) is 14.2. The highest BCUT2D eigenvalue weighted by molar-refractivity contribution is 6.40. The van der Waals surface area contributed by atoms with Crippen LogP contribution in [-0.2, 0) is 9.59 Å². The van der Waals surface area contributed by atoms with Crippen molar-refractivity contribution >= 4 is 34.8 Å². The second-order valence-corrected chi connectivity index (χ2v) is 6.17. The molecule has 2 amide bonds. The van der Waals surface area contributed by atoms with E-state index in [1.54, 1.807) is 0 Å². The average molecular weight is 360 g/mol. The molecule has 0 atom stereocenters. The van der Waals surface area contributed by atoms with Crippen LogP contribution in [0.4, 0.5) is 11.4 Å². The van der Waals surface area contributed by atoms with Crippen LogP contribution in [0.5, 0.6) is 5.75 Å². The van der Waals surface area contributed by atoms with E-state index in [0.29, 0.717) is 31.2 Å². The number of rotatable bonds is 2. The van der Waals surface area contributed by atoms with Gasteiger partial charge in [0.05, 0.1) is 5.69 Å². The Morgan fingerprint density at radius 3 is 2.36 bits per heavy atom. The van der Waals surface area contributed by atoms with E-state index in [9.17, 15) is 14.7 Å². The normalized spacial score (nSPS) is 14.3. The number of hydrogen-bond acceptors (Lipinski definition) is 4. The third-order valence-electron chi connectivity index (χ3n) is 4.09. The summed E-state index contributed by atoms with van der Waals surface area (Å²) < 4.78 is 0. The van der Waals surface area contributed by atoms with E-state index in [1.807, 2.05) is 30.3 Å². The number of nitrogens with one attached hydrogen (secondary N) is 1. The molecule has 6 nitrogen and oxygen atoms in total. The molecule has 130 valence electrons. The van der Waals surface area contributed by atoms with Crippen molar-refractivity contribution in [3.8, 4) is 5.75 Å². The Hall–Kier alpha value is -2.73. The Bertz CT molecular complexity index is 774. The Morgan fingerprint density at radius 2 is 1.68 bits per heavy atom. The van der Waals surface area contributed by atoms with Gasteiger partial charge in [-0.3, -0.25) is 9.59 Å². The summed E-state index contributed by atoms with van der Waals surface area (Å²) in [5.41, 5.74) is 1.22. The maximum Gasteiger partial charge on any atom is 0.314 e. The third kappa shape index (κ3) is 4.03. The molecule has 3 rings (SSSR count). The molecule has 2 aromatic rings. The minimum absolute atomic E-state index is 0.119. The van der Waals surface area contributed by atoms with Gasteiger partial charge >= 0.3 is 11.8 Å². The van der Waals surface area contributed by atoms with Gasteiger partial charge in [-0.25, -0.2) is 0 Å². The van der Waals surface area contributed by atoms with Gasteiger partial charge < -0.3 is 20.2 Å². The topological polar surface area (TPSA) is 72.9 Å². The lowest BCUT2D eigenvalue weighted by Gasteiger charge is -2.35. The van der Waals surface area contributed by atoms with E-state index in [2.05, 4.69) is 10.2 Å². The van der Waals surface area contributed by atoms with Crippen LogP contribution in [-0.4, -0.2) is 48.0 Å². The summed E-state index contributed by atoms with van der Waals surface area (Å²) in [6.07, 6.45) is 0. The summed E-state index contributed by atoms with van der Waals surface area (Å²) in [5.74, 6) is -1.54. The van der Waals surface area contributed by atoms with Gasteiger partial charge in [-0.2, -0.15) is 0 Å². The van der Waals surface area contributed by atoms with Crippen LogP contribution < -0.4 is 10.2 Å². The highest BCUT2D eigenvalue weighted by atomic mass is 35.5. The fourth-order valence-corrected chi connectivity index (χ4v) is 2.91. The summed E-state index contributed by atoms with van der Waals surface area (Å²) in [4.78, 5) is 28.2. The molecule has 1 fully saturated rings. The molecule has 2 N–H and O–H groups in total. The summed E-state index contributed by atoms with van der Waals surface area (Å²) in [5, 5.41) is 12.5. The van der Waals surface area contributed by atoms with Gasteiger partial charge in [0.1, 0.15) is 5.75 Å². The number of carbonyl (C=O) groups is 2. The van der Waals surface area contributed by atoms with Gasteiger partial charge in [0, 0.05) is 36.9 Å². The molecule has 1 aliphatic rings. The molecule has 1 aliphatic heterocycles. The lowest BCUT2D eigenvalue weighted by atomic mass is 10.2. The van der Waals surface area contributed by atoms with E-state index in [1.165, 1.54) is 23.1 Å². The lowest BCUT2D eigenvalue weighted by molar-refractivity contribution is -0.143. The van der Waals surface area contributed by atoms with Crippen LogP contribution in [0.25, 0.3) is 0 Å². The van der Waals surface area contributed by atoms with Crippen LogP contribution >= 0.6 is 11.6 Å². The monoisotopic (exact) mass is 359 g/mol. The SMILES string of the molecule is O=C(Nc1cc(Cl)ccc1O)C(=O)N1CCN(c2ccccc2)CC1. The lowest BCUT2D eigenvalue weighted by Crippen LogP contribution is -2.51. The van der Waals surface area contributed by atoms with Crippen molar-refractivity contribution < 1.29 is 14.7 Å². The molecule has 1 saturated heterocycles.